The van der Waals surface area contributed by atoms with E-state index >= 15 is 0 Å². The fourth-order valence-electron chi connectivity index (χ4n) is 3.53. The normalized spacial score (nSPS) is 15.3. The van der Waals surface area contributed by atoms with Gasteiger partial charge in [0.1, 0.15) is 0 Å². The van der Waals surface area contributed by atoms with Crippen molar-refractivity contribution in [3.05, 3.63) is 72.1 Å². The standard InChI is InChI=1S/C21H22N4O/c22-21(26)17-7-5-16(6-8-17)15-24-9-11-25(12-10-24)20-14-23-13-18-3-1-2-4-19(18)20/h1-8,13-14H,9-12,15H2,(H2,22,26). The van der Waals surface area contributed by atoms with Crippen molar-refractivity contribution in [3.8, 4) is 0 Å². The molecule has 4 rings (SSSR count). The number of pyridine rings is 1. The first-order chi connectivity index (χ1) is 12.7. The lowest BCUT2D eigenvalue weighted by Gasteiger charge is -2.36. The summed E-state index contributed by atoms with van der Waals surface area (Å²) in [4.78, 5) is 20.4. The summed E-state index contributed by atoms with van der Waals surface area (Å²) in [6, 6.07) is 16.0. The van der Waals surface area contributed by atoms with Crippen LogP contribution in [0.5, 0.6) is 0 Å². The summed E-state index contributed by atoms with van der Waals surface area (Å²) in [5.74, 6) is -0.381. The number of primary amides is 1. The van der Waals surface area contributed by atoms with E-state index in [0.29, 0.717) is 5.56 Å². The molecule has 1 aliphatic rings. The number of piperazine rings is 1. The van der Waals surface area contributed by atoms with Crippen LogP contribution in [0.1, 0.15) is 15.9 Å². The highest BCUT2D eigenvalue weighted by atomic mass is 16.1. The molecule has 0 unspecified atom stereocenters. The quantitative estimate of drug-likeness (QED) is 0.789. The first-order valence-corrected chi connectivity index (χ1v) is 8.89. The highest BCUT2D eigenvalue weighted by Gasteiger charge is 2.19. The van der Waals surface area contributed by atoms with Crippen LogP contribution in [0.15, 0.2) is 60.9 Å². The number of nitrogens with zero attached hydrogens (tertiary/aromatic N) is 3. The number of rotatable bonds is 4. The lowest BCUT2D eigenvalue weighted by Crippen LogP contribution is -2.46. The van der Waals surface area contributed by atoms with Crippen molar-refractivity contribution in [3.63, 3.8) is 0 Å². The molecule has 0 spiro atoms. The number of carbonyl (C=O) groups is 1. The van der Waals surface area contributed by atoms with Crippen LogP contribution < -0.4 is 10.6 Å². The van der Waals surface area contributed by atoms with Gasteiger partial charge < -0.3 is 10.6 Å². The van der Waals surface area contributed by atoms with Gasteiger partial charge in [0.05, 0.1) is 11.9 Å². The Morgan fingerprint density at radius 2 is 1.69 bits per heavy atom. The van der Waals surface area contributed by atoms with Crippen molar-refractivity contribution >= 4 is 22.4 Å². The van der Waals surface area contributed by atoms with E-state index < -0.39 is 0 Å². The van der Waals surface area contributed by atoms with Crippen LogP contribution >= 0.6 is 0 Å². The third-order valence-corrected chi connectivity index (χ3v) is 5.00. The molecule has 2 N–H and O–H groups in total. The van der Waals surface area contributed by atoms with Gasteiger partial charge in [-0.3, -0.25) is 14.7 Å². The van der Waals surface area contributed by atoms with Crippen LogP contribution in [0, 0.1) is 0 Å². The third-order valence-electron chi connectivity index (χ3n) is 5.00. The molecule has 0 aliphatic carbocycles. The predicted molar refractivity (Wildman–Crippen MR) is 104 cm³/mol. The molecule has 1 saturated heterocycles. The first kappa shape index (κ1) is 16.5. The van der Waals surface area contributed by atoms with E-state index in [4.69, 9.17) is 5.73 Å². The fourth-order valence-corrected chi connectivity index (χ4v) is 3.53. The average Bonchev–Trinajstić information content (AvgIpc) is 2.69. The molecule has 1 aromatic heterocycles. The number of hydrogen-bond donors (Lipinski definition) is 1. The second-order valence-corrected chi connectivity index (χ2v) is 6.70. The smallest absolute Gasteiger partial charge is 0.248 e. The Kier molecular flexibility index (Phi) is 4.54. The molecule has 1 fully saturated rings. The highest BCUT2D eigenvalue weighted by molar-refractivity contribution is 5.93. The van der Waals surface area contributed by atoms with Gasteiger partial charge in [0.25, 0.3) is 0 Å². The maximum absolute atomic E-state index is 11.2. The zero-order valence-corrected chi connectivity index (χ0v) is 14.6. The summed E-state index contributed by atoms with van der Waals surface area (Å²) in [6.45, 7) is 4.85. The van der Waals surface area contributed by atoms with Crippen molar-refractivity contribution < 1.29 is 4.79 Å². The van der Waals surface area contributed by atoms with E-state index in [1.807, 2.05) is 24.5 Å². The monoisotopic (exact) mass is 346 g/mol. The van der Waals surface area contributed by atoms with Gasteiger partial charge in [-0.1, -0.05) is 36.4 Å². The molecular weight excluding hydrogens is 324 g/mol. The van der Waals surface area contributed by atoms with Gasteiger partial charge >= 0.3 is 0 Å². The molecule has 0 radical (unpaired) electrons. The Labute approximate surface area is 153 Å². The number of aromatic nitrogens is 1. The van der Waals surface area contributed by atoms with E-state index in [0.717, 1.165) is 32.7 Å². The number of carbonyl (C=O) groups excluding carboxylic acids is 1. The Hall–Kier alpha value is -2.92. The van der Waals surface area contributed by atoms with Gasteiger partial charge in [-0.25, -0.2) is 0 Å². The van der Waals surface area contributed by atoms with E-state index in [9.17, 15) is 4.79 Å². The topological polar surface area (TPSA) is 62.5 Å². The van der Waals surface area contributed by atoms with Gasteiger partial charge in [-0.15, -0.1) is 0 Å². The summed E-state index contributed by atoms with van der Waals surface area (Å²) >= 11 is 0. The molecule has 132 valence electrons. The molecule has 3 aromatic rings. The van der Waals surface area contributed by atoms with Gasteiger partial charge in [0.15, 0.2) is 0 Å². The summed E-state index contributed by atoms with van der Waals surface area (Å²) in [7, 11) is 0. The van der Waals surface area contributed by atoms with E-state index in [1.54, 1.807) is 12.1 Å². The Bertz CT molecular complexity index is 909. The highest BCUT2D eigenvalue weighted by Crippen LogP contribution is 2.26. The fraction of sp³-hybridized carbons (Fsp3) is 0.238. The first-order valence-electron chi connectivity index (χ1n) is 8.89. The molecule has 0 atom stereocenters. The zero-order chi connectivity index (χ0) is 17.9. The Morgan fingerprint density at radius 3 is 2.42 bits per heavy atom. The summed E-state index contributed by atoms with van der Waals surface area (Å²) < 4.78 is 0. The Balaban J connectivity index is 1.41. The number of anilines is 1. The second-order valence-electron chi connectivity index (χ2n) is 6.70. The number of fused-ring (bicyclic) bond motifs is 1. The minimum Gasteiger partial charge on any atom is -0.367 e. The molecular formula is C21H22N4O. The number of amides is 1. The van der Waals surface area contributed by atoms with E-state index in [1.165, 1.54) is 22.0 Å². The lowest BCUT2D eigenvalue weighted by atomic mass is 10.1. The lowest BCUT2D eigenvalue weighted by molar-refractivity contribution is 0.100. The molecule has 2 heterocycles. The summed E-state index contributed by atoms with van der Waals surface area (Å²) in [6.07, 6.45) is 3.89. The summed E-state index contributed by atoms with van der Waals surface area (Å²) in [5, 5.41) is 2.44. The van der Waals surface area contributed by atoms with Crippen molar-refractivity contribution in [2.45, 2.75) is 6.54 Å². The van der Waals surface area contributed by atoms with Crippen molar-refractivity contribution in [2.75, 3.05) is 31.1 Å². The van der Waals surface area contributed by atoms with Crippen molar-refractivity contribution in [1.82, 2.24) is 9.88 Å². The maximum atomic E-state index is 11.2. The van der Waals surface area contributed by atoms with Crippen molar-refractivity contribution in [2.24, 2.45) is 5.73 Å². The van der Waals surface area contributed by atoms with Crippen LogP contribution in [-0.4, -0.2) is 42.0 Å². The van der Waals surface area contributed by atoms with E-state index in [-0.39, 0.29) is 5.91 Å². The molecule has 1 aliphatic heterocycles. The van der Waals surface area contributed by atoms with E-state index in [2.05, 4.69) is 39.0 Å². The van der Waals surface area contributed by atoms with Crippen LogP contribution in [0.2, 0.25) is 0 Å². The number of hydrogen-bond acceptors (Lipinski definition) is 4. The minimum absolute atomic E-state index is 0.381. The molecule has 5 nitrogen and oxygen atoms in total. The van der Waals surface area contributed by atoms with Gasteiger partial charge in [0.2, 0.25) is 5.91 Å². The van der Waals surface area contributed by atoms with Crippen LogP contribution in [0.25, 0.3) is 10.8 Å². The van der Waals surface area contributed by atoms with Crippen molar-refractivity contribution in [1.29, 1.82) is 0 Å². The molecule has 0 saturated carbocycles. The maximum Gasteiger partial charge on any atom is 0.248 e. The minimum atomic E-state index is -0.381. The molecule has 1 amide bonds. The summed E-state index contributed by atoms with van der Waals surface area (Å²) in [5.41, 5.74) is 8.28. The SMILES string of the molecule is NC(=O)c1ccc(CN2CCN(c3cncc4ccccc34)CC2)cc1. The van der Waals surface area contributed by atoms with Crippen LogP contribution in [0.3, 0.4) is 0 Å². The molecule has 2 aromatic carbocycles. The van der Waals surface area contributed by atoms with Crippen LogP contribution in [0.4, 0.5) is 5.69 Å². The average molecular weight is 346 g/mol. The number of nitrogens with two attached hydrogens (primary N) is 1. The van der Waals surface area contributed by atoms with Gasteiger partial charge in [-0.2, -0.15) is 0 Å². The van der Waals surface area contributed by atoms with Gasteiger partial charge in [0, 0.05) is 55.3 Å². The molecule has 5 heteroatoms. The molecule has 0 bridgehead atoms. The largest absolute Gasteiger partial charge is 0.367 e. The third kappa shape index (κ3) is 3.39. The molecule has 26 heavy (non-hydrogen) atoms. The zero-order valence-electron chi connectivity index (χ0n) is 14.6. The number of benzene rings is 2. The second kappa shape index (κ2) is 7.14. The predicted octanol–water partition coefficient (Wildman–Crippen LogP) is 2.66. The van der Waals surface area contributed by atoms with Crippen LogP contribution in [-0.2, 0) is 6.54 Å². The van der Waals surface area contributed by atoms with Gasteiger partial charge in [-0.05, 0) is 17.7 Å². The Morgan fingerprint density at radius 1 is 0.962 bits per heavy atom.